The van der Waals surface area contributed by atoms with Crippen molar-refractivity contribution in [1.29, 1.82) is 0 Å². The number of aromatic amines is 1. The molecule has 22 heavy (non-hydrogen) atoms. The highest BCUT2D eigenvalue weighted by molar-refractivity contribution is 5.50. The van der Waals surface area contributed by atoms with Crippen LogP contribution in [0.5, 0.6) is 5.88 Å². The van der Waals surface area contributed by atoms with E-state index in [1.54, 1.807) is 42.6 Å². The predicted octanol–water partition coefficient (Wildman–Crippen LogP) is 2.27. The second-order valence-electron chi connectivity index (χ2n) is 4.70. The molecular weight excluding hydrogens is 285 g/mol. The lowest BCUT2D eigenvalue weighted by Crippen LogP contribution is -2.16. The van der Waals surface area contributed by atoms with E-state index in [9.17, 15) is 14.3 Å². The lowest BCUT2D eigenvalue weighted by Gasteiger charge is -2.06. The Morgan fingerprint density at radius 3 is 2.59 bits per heavy atom. The van der Waals surface area contributed by atoms with Crippen molar-refractivity contribution < 1.29 is 9.50 Å². The maximum absolute atomic E-state index is 13.7. The van der Waals surface area contributed by atoms with E-state index in [1.165, 1.54) is 6.07 Å². The van der Waals surface area contributed by atoms with Gasteiger partial charge in [-0.3, -0.25) is 9.78 Å². The van der Waals surface area contributed by atoms with Crippen LogP contribution < -0.4 is 5.56 Å². The molecule has 0 aliphatic rings. The summed E-state index contributed by atoms with van der Waals surface area (Å²) in [4.78, 5) is 22.7. The van der Waals surface area contributed by atoms with Crippen LogP contribution in [0.3, 0.4) is 0 Å². The molecule has 0 saturated carbocycles. The average Bonchev–Trinajstić information content (AvgIpc) is 2.53. The molecule has 0 aliphatic heterocycles. The summed E-state index contributed by atoms with van der Waals surface area (Å²) >= 11 is 0. The summed E-state index contributed by atoms with van der Waals surface area (Å²) in [5.41, 5.74) is 0.254. The van der Waals surface area contributed by atoms with E-state index in [2.05, 4.69) is 15.0 Å². The van der Waals surface area contributed by atoms with Crippen molar-refractivity contribution in [2.75, 3.05) is 0 Å². The van der Waals surface area contributed by atoms with Crippen LogP contribution in [0.1, 0.15) is 11.1 Å². The lowest BCUT2D eigenvalue weighted by molar-refractivity contribution is 0.444. The number of hydrogen-bond donors (Lipinski definition) is 2. The fraction of sp³-hybridized carbons (Fsp3) is 0.0625. The van der Waals surface area contributed by atoms with E-state index in [4.69, 9.17) is 0 Å². The molecule has 0 amide bonds. The minimum absolute atomic E-state index is 0.0183. The highest BCUT2D eigenvalue weighted by atomic mass is 19.1. The first-order valence-electron chi connectivity index (χ1n) is 6.62. The summed E-state index contributed by atoms with van der Waals surface area (Å²) in [6.07, 6.45) is 1.52. The summed E-state index contributed by atoms with van der Waals surface area (Å²) < 4.78 is 13.7. The monoisotopic (exact) mass is 297 g/mol. The van der Waals surface area contributed by atoms with E-state index >= 15 is 0 Å². The number of halogens is 1. The molecule has 3 aromatic rings. The van der Waals surface area contributed by atoms with Crippen LogP contribution in [0.2, 0.25) is 0 Å². The maximum Gasteiger partial charge on any atom is 0.258 e. The first kappa shape index (κ1) is 13.9. The molecule has 2 N–H and O–H groups in total. The Morgan fingerprint density at radius 2 is 1.91 bits per heavy atom. The van der Waals surface area contributed by atoms with Crippen LogP contribution in [-0.2, 0) is 6.42 Å². The molecule has 0 unspecified atom stereocenters. The van der Waals surface area contributed by atoms with Gasteiger partial charge in [0, 0.05) is 12.6 Å². The van der Waals surface area contributed by atoms with Crippen molar-refractivity contribution in [2.45, 2.75) is 6.42 Å². The minimum Gasteiger partial charge on any atom is -0.493 e. The van der Waals surface area contributed by atoms with Gasteiger partial charge in [-0.15, -0.1) is 0 Å². The standard InChI is InChI=1S/C16H12FN3O2/c17-12-6-2-1-5-10(12)9-11-15(21)19-14(20-16(11)22)13-7-3-4-8-18-13/h1-8H,9H2,(H2,19,20,21,22). The number of aromatic nitrogens is 3. The first-order chi connectivity index (χ1) is 10.6. The quantitative estimate of drug-likeness (QED) is 0.777. The second kappa shape index (κ2) is 5.77. The number of benzene rings is 1. The topological polar surface area (TPSA) is 78.9 Å². The first-order valence-corrected chi connectivity index (χ1v) is 6.62. The van der Waals surface area contributed by atoms with E-state index in [0.29, 0.717) is 11.3 Å². The van der Waals surface area contributed by atoms with E-state index in [1.807, 2.05) is 0 Å². The van der Waals surface area contributed by atoms with E-state index in [-0.39, 0.29) is 17.8 Å². The summed E-state index contributed by atoms with van der Waals surface area (Å²) in [5.74, 6) is -0.692. The number of nitrogens with one attached hydrogen (secondary N) is 1. The summed E-state index contributed by atoms with van der Waals surface area (Å²) in [5, 5.41) is 10.0. The minimum atomic E-state index is -0.517. The highest BCUT2D eigenvalue weighted by Crippen LogP contribution is 2.19. The second-order valence-corrected chi connectivity index (χ2v) is 4.70. The number of aromatic hydroxyl groups is 1. The zero-order valence-electron chi connectivity index (χ0n) is 11.5. The van der Waals surface area contributed by atoms with Gasteiger partial charge in [0.2, 0.25) is 5.88 Å². The number of hydrogen-bond acceptors (Lipinski definition) is 4. The molecule has 5 nitrogen and oxygen atoms in total. The summed E-state index contributed by atoms with van der Waals surface area (Å²) in [6, 6.07) is 11.2. The van der Waals surface area contributed by atoms with Gasteiger partial charge in [0.25, 0.3) is 5.56 Å². The van der Waals surface area contributed by atoms with Crippen molar-refractivity contribution in [2.24, 2.45) is 0 Å². The predicted molar refractivity (Wildman–Crippen MR) is 79.0 cm³/mol. The SMILES string of the molecule is O=c1[nH]c(-c2ccccn2)nc(O)c1Cc1ccccc1F. The van der Waals surface area contributed by atoms with Crippen LogP contribution in [0.15, 0.2) is 53.5 Å². The summed E-state index contributed by atoms with van der Waals surface area (Å²) in [7, 11) is 0. The van der Waals surface area contributed by atoms with Gasteiger partial charge < -0.3 is 10.1 Å². The third-order valence-corrected chi connectivity index (χ3v) is 3.23. The molecule has 0 radical (unpaired) electrons. The Hall–Kier alpha value is -3.02. The number of pyridine rings is 1. The molecule has 1 aromatic carbocycles. The normalized spacial score (nSPS) is 10.6. The lowest BCUT2D eigenvalue weighted by atomic mass is 10.1. The van der Waals surface area contributed by atoms with Crippen molar-refractivity contribution in [3.05, 3.63) is 76.0 Å². The molecule has 3 rings (SSSR count). The van der Waals surface area contributed by atoms with Gasteiger partial charge in [0.1, 0.15) is 11.5 Å². The average molecular weight is 297 g/mol. The highest BCUT2D eigenvalue weighted by Gasteiger charge is 2.14. The van der Waals surface area contributed by atoms with Gasteiger partial charge in [0.15, 0.2) is 5.82 Å². The molecule has 0 fully saturated rings. The molecule has 2 aromatic heterocycles. The van der Waals surface area contributed by atoms with Crippen LogP contribution in [0.25, 0.3) is 11.5 Å². The van der Waals surface area contributed by atoms with Gasteiger partial charge in [-0.2, -0.15) is 4.98 Å². The number of H-pyrrole nitrogens is 1. The van der Waals surface area contributed by atoms with Crippen LogP contribution >= 0.6 is 0 Å². The molecule has 110 valence electrons. The zero-order valence-corrected chi connectivity index (χ0v) is 11.5. The third-order valence-electron chi connectivity index (χ3n) is 3.23. The zero-order chi connectivity index (χ0) is 15.5. The fourth-order valence-corrected chi connectivity index (χ4v) is 2.10. The number of nitrogens with zero attached hydrogens (tertiary/aromatic N) is 2. The largest absolute Gasteiger partial charge is 0.493 e. The Morgan fingerprint density at radius 1 is 1.14 bits per heavy atom. The van der Waals surface area contributed by atoms with Gasteiger partial charge in [0.05, 0.1) is 5.56 Å². The van der Waals surface area contributed by atoms with Crippen LogP contribution in [0.4, 0.5) is 4.39 Å². The molecule has 0 spiro atoms. The van der Waals surface area contributed by atoms with Gasteiger partial charge in [-0.25, -0.2) is 4.39 Å². The Bertz CT molecular complexity index is 863. The Labute approximate surface area is 125 Å². The molecule has 0 atom stereocenters. The van der Waals surface area contributed by atoms with Crippen molar-refractivity contribution >= 4 is 0 Å². The Kier molecular flexibility index (Phi) is 3.65. The molecule has 2 heterocycles. The van der Waals surface area contributed by atoms with Crippen molar-refractivity contribution in [1.82, 2.24) is 15.0 Å². The molecular formula is C16H12FN3O2. The van der Waals surface area contributed by atoms with E-state index < -0.39 is 17.3 Å². The fourth-order valence-electron chi connectivity index (χ4n) is 2.10. The maximum atomic E-state index is 13.7. The summed E-state index contributed by atoms with van der Waals surface area (Å²) in [6.45, 7) is 0. The van der Waals surface area contributed by atoms with E-state index in [0.717, 1.165) is 0 Å². The molecule has 0 aliphatic carbocycles. The third kappa shape index (κ3) is 2.71. The molecule has 6 heteroatoms. The van der Waals surface area contributed by atoms with Crippen LogP contribution in [-0.4, -0.2) is 20.1 Å². The smallest absolute Gasteiger partial charge is 0.258 e. The van der Waals surface area contributed by atoms with Gasteiger partial charge >= 0.3 is 0 Å². The van der Waals surface area contributed by atoms with Crippen molar-refractivity contribution in [3.63, 3.8) is 0 Å². The molecule has 0 bridgehead atoms. The van der Waals surface area contributed by atoms with Gasteiger partial charge in [-0.05, 0) is 23.8 Å². The van der Waals surface area contributed by atoms with Crippen LogP contribution in [0, 0.1) is 5.82 Å². The van der Waals surface area contributed by atoms with Crippen molar-refractivity contribution in [3.8, 4) is 17.4 Å². The Balaban J connectivity index is 2.01. The number of rotatable bonds is 3. The molecule has 0 saturated heterocycles. The van der Waals surface area contributed by atoms with Gasteiger partial charge in [-0.1, -0.05) is 24.3 Å².